The highest BCUT2D eigenvalue weighted by Crippen LogP contribution is 2.20. The topological polar surface area (TPSA) is 49.8 Å². The molecule has 0 saturated carbocycles. The van der Waals surface area contributed by atoms with Crippen molar-refractivity contribution in [2.75, 3.05) is 26.2 Å². The minimum Gasteiger partial charge on any atom is -0.507 e. The lowest BCUT2D eigenvalue weighted by Gasteiger charge is -2.32. The van der Waals surface area contributed by atoms with Crippen LogP contribution in [0.4, 0.5) is 4.39 Å². The van der Waals surface area contributed by atoms with Gasteiger partial charge in [-0.3, -0.25) is 9.69 Å². The number of Topliss-reactive ketones (excluding diaryl/α,β-unsaturated/α-hetero) is 1. The highest BCUT2D eigenvalue weighted by molar-refractivity contribution is 6.00. The zero-order valence-electron chi connectivity index (χ0n) is 12.3. The van der Waals surface area contributed by atoms with Crippen molar-refractivity contribution in [3.05, 3.63) is 29.6 Å². The van der Waals surface area contributed by atoms with E-state index in [1.807, 2.05) is 4.90 Å². The minimum atomic E-state index is -0.515. The highest BCUT2D eigenvalue weighted by atomic mass is 19.1. The average molecular weight is 295 g/mol. The first-order valence-electron chi connectivity index (χ1n) is 7.45. The van der Waals surface area contributed by atoms with Gasteiger partial charge in [-0.25, -0.2) is 4.39 Å². The molecule has 0 aliphatic carbocycles. The number of benzene rings is 1. The summed E-state index contributed by atoms with van der Waals surface area (Å²) in [6, 6.07) is 3.44. The predicted molar refractivity (Wildman–Crippen MR) is 78.1 cm³/mol. The second-order valence-electron chi connectivity index (χ2n) is 5.45. The molecule has 0 amide bonds. The number of hydrogen-bond donors (Lipinski definition) is 1. The third kappa shape index (κ3) is 4.51. The first kappa shape index (κ1) is 15.9. The summed E-state index contributed by atoms with van der Waals surface area (Å²) in [6.45, 7) is 4.52. The Morgan fingerprint density at radius 2 is 2.33 bits per heavy atom. The Kier molecular flexibility index (Phi) is 5.70. The Morgan fingerprint density at radius 1 is 1.52 bits per heavy atom. The van der Waals surface area contributed by atoms with Crippen LogP contribution in [-0.4, -0.2) is 48.1 Å². The van der Waals surface area contributed by atoms with Gasteiger partial charge in [-0.1, -0.05) is 6.92 Å². The van der Waals surface area contributed by atoms with Gasteiger partial charge in [0.05, 0.1) is 18.2 Å². The van der Waals surface area contributed by atoms with Gasteiger partial charge >= 0.3 is 0 Å². The maximum atomic E-state index is 13.2. The van der Waals surface area contributed by atoms with Crippen LogP contribution >= 0.6 is 0 Å². The van der Waals surface area contributed by atoms with Crippen molar-refractivity contribution >= 4 is 5.78 Å². The number of halogens is 1. The van der Waals surface area contributed by atoms with Gasteiger partial charge in [0.2, 0.25) is 0 Å². The third-order valence-electron chi connectivity index (χ3n) is 3.65. The molecule has 5 heteroatoms. The molecule has 0 bridgehead atoms. The molecule has 1 aromatic rings. The number of ether oxygens (including phenoxy) is 1. The second kappa shape index (κ2) is 7.52. The number of likely N-dealkylation sites (tertiary alicyclic amines) is 1. The van der Waals surface area contributed by atoms with Crippen LogP contribution in [0.1, 0.15) is 36.5 Å². The van der Waals surface area contributed by atoms with Gasteiger partial charge in [0.25, 0.3) is 0 Å². The molecule has 1 aliphatic rings. The maximum Gasteiger partial charge on any atom is 0.180 e. The molecule has 1 heterocycles. The molecule has 1 aliphatic heterocycles. The largest absolute Gasteiger partial charge is 0.507 e. The Labute approximate surface area is 124 Å². The first-order chi connectivity index (χ1) is 10.1. The van der Waals surface area contributed by atoms with E-state index in [4.69, 9.17) is 4.74 Å². The number of ketones is 1. The van der Waals surface area contributed by atoms with Crippen molar-refractivity contribution < 1.29 is 19.0 Å². The van der Waals surface area contributed by atoms with Crippen LogP contribution in [0.25, 0.3) is 0 Å². The number of piperidine rings is 1. The van der Waals surface area contributed by atoms with Crippen LogP contribution in [0.5, 0.6) is 5.75 Å². The lowest BCUT2D eigenvalue weighted by Crippen LogP contribution is -2.42. The zero-order chi connectivity index (χ0) is 15.2. The van der Waals surface area contributed by atoms with Crippen molar-refractivity contribution in [2.24, 2.45) is 0 Å². The number of aromatic hydroxyl groups is 1. The van der Waals surface area contributed by atoms with E-state index in [9.17, 15) is 14.3 Å². The Bertz CT molecular complexity index is 492. The van der Waals surface area contributed by atoms with E-state index >= 15 is 0 Å². The first-order valence-corrected chi connectivity index (χ1v) is 7.45. The number of phenols is 1. The molecule has 1 aromatic carbocycles. The summed E-state index contributed by atoms with van der Waals surface area (Å²) in [5, 5.41) is 9.67. The Hall–Kier alpha value is -1.46. The van der Waals surface area contributed by atoms with Gasteiger partial charge in [-0.05, 0) is 44.0 Å². The summed E-state index contributed by atoms with van der Waals surface area (Å²) in [5.74, 6) is -0.945. The smallest absolute Gasteiger partial charge is 0.180 e. The summed E-state index contributed by atoms with van der Waals surface area (Å²) in [5.41, 5.74) is 0.0478. The normalized spacial score (nSPS) is 19.6. The van der Waals surface area contributed by atoms with Crippen LogP contribution in [0.3, 0.4) is 0 Å². The fourth-order valence-corrected chi connectivity index (χ4v) is 2.60. The van der Waals surface area contributed by atoms with Gasteiger partial charge < -0.3 is 9.84 Å². The van der Waals surface area contributed by atoms with Crippen LogP contribution in [-0.2, 0) is 4.74 Å². The molecule has 0 aromatic heterocycles. The molecule has 1 N–H and O–H groups in total. The van der Waals surface area contributed by atoms with Crippen LogP contribution in [0.15, 0.2) is 18.2 Å². The molecule has 4 nitrogen and oxygen atoms in total. The number of hydrogen-bond acceptors (Lipinski definition) is 4. The average Bonchev–Trinajstić information content (AvgIpc) is 2.48. The summed E-state index contributed by atoms with van der Waals surface area (Å²) in [7, 11) is 0. The number of carbonyl (C=O) groups is 1. The van der Waals surface area contributed by atoms with Crippen molar-refractivity contribution in [1.29, 1.82) is 0 Å². The quantitative estimate of drug-likeness (QED) is 0.820. The SMILES string of the molecule is CCCOC1CCCN(CC(=O)c2cc(F)ccc2O)C1. The highest BCUT2D eigenvalue weighted by Gasteiger charge is 2.23. The van der Waals surface area contributed by atoms with Crippen molar-refractivity contribution in [3.8, 4) is 5.75 Å². The Balaban J connectivity index is 1.94. The van der Waals surface area contributed by atoms with Gasteiger partial charge in [0.1, 0.15) is 11.6 Å². The van der Waals surface area contributed by atoms with E-state index in [2.05, 4.69) is 6.92 Å². The van der Waals surface area contributed by atoms with Gasteiger partial charge in [-0.2, -0.15) is 0 Å². The van der Waals surface area contributed by atoms with E-state index in [1.54, 1.807) is 0 Å². The molecule has 21 heavy (non-hydrogen) atoms. The monoisotopic (exact) mass is 295 g/mol. The number of nitrogens with zero attached hydrogens (tertiary/aromatic N) is 1. The van der Waals surface area contributed by atoms with E-state index in [1.165, 1.54) is 6.07 Å². The summed E-state index contributed by atoms with van der Waals surface area (Å²) in [6.07, 6.45) is 3.13. The Morgan fingerprint density at radius 3 is 3.10 bits per heavy atom. The molecule has 1 fully saturated rings. The van der Waals surface area contributed by atoms with Gasteiger partial charge in [0, 0.05) is 13.2 Å². The van der Waals surface area contributed by atoms with Crippen LogP contribution in [0, 0.1) is 5.82 Å². The summed E-state index contributed by atoms with van der Waals surface area (Å²) >= 11 is 0. The van der Waals surface area contributed by atoms with Crippen molar-refractivity contribution in [2.45, 2.75) is 32.3 Å². The third-order valence-corrected chi connectivity index (χ3v) is 3.65. The van der Waals surface area contributed by atoms with Gasteiger partial charge in [0.15, 0.2) is 5.78 Å². The molecule has 1 atom stereocenters. The van der Waals surface area contributed by atoms with E-state index < -0.39 is 5.82 Å². The fourth-order valence-electron chi connectivity index (χ4n) is 2.60. The number of carbonyl (C=O) groups excluding carboxylic acids is 1. The summed E-state index contributed by atoms with van der Waals surface area (Å²) in [4.78, 5) is 14.2. The number of phenolic OH excluding ortho intramolecular Hbond substituents is 1. The van der Waals surface area contributed by atoms with Gasteiger partial charge in [-0.15, -0.1) is 0 Å². The molecular weight excluding hydrogens is 273 g/mol. The van der Waals surface area contributed by atoms with E-state index in [-0.39, 0.29) is 29.7 Å². The molecule has 0 spiro atoms. The predicted octanol–water partition coefficient (Wildman–Crippen LogP) is 2.61. The maximum absolute atomic E-state index is 13.2. The zero-order valence-corrected chi connectivity index (χ0v) is 12.3. The van der Waals surface area contributed by atoms with Crippen LogP contribution in [0.2, 0.25) is 0 Å². The van der Waals surface area contributed by atoms with Crippen molar-refractivity contribution in [1.82, 2.24) is 4.90 Å². The molecule has 1 unspecified atom stereocenters. The second-order valence-corrected chi connectivity index (χ2v) is 5.45. The summed E-state index contributed by atoms with van der Waals surface area (Å²) < 4.78 is 18.9. The molecular formula is C16H22FNO3. The number of rotatable bonds is 6. The molecule has 2 rings (SSSR count). The molecule has 116 valence electrons. The standard InChI is InChI=1S/C16H22FNO3/c1-2-8-21-13-4-3-7-18(10-13)11-16(20)14-9-12(17)5-6-15(14)19/h5-6,9,13,19H,2-4,7-8,10-11H2,1H3. The fraction of sp³-hybridized carbons (Fsp3) is 0.562. The lowest BCUT2D eigenvalue weighted by molar-refractivity contribution is 0.00129. The lowest BCUT2D eigenvalue weighted by atomic mass is 10.1. The van der Waals surface area contributed by atoms with E-state index in [0.717, 1.165) is 44.5 Å². The minimum absolute atomic E-state index is 0.0478. The molecule has 1 saturated heterocycles. The van der Waals surface area contributed by atoms with Crippen molar-refractivity contribution in [3.63, 3.8) is 0 Å². The van der Waals surface area contributed by atoms with Crippen LogP contribution < -0.4 is 0 Å². The molecule has 0 radical (unpaired) electrons. The van der Waals surface area contributed by atoms with E-state index in [0.29, 0.717) is 6.54 Å².